The molecule has 1 aliphatic rings. The van der Waals surface area contributed by atoms with E-state index in [4.69, 9.17) is 5.73 Å². The summed E-state index contributed by atoms with van der Waals surface area (Å²) in [6, 6.07) is 0. The minimum absolute atomic E-state index is 0.667. The number of nitrogens with two attached hydrogens (primary N) is 1. The maximum absolute atomic E-state index is 10.7. The molecule has 11 heavy (non-hydrogen) atoms. The number of carbonyl (C=O) groups excluding carboxylic acids is 1. The van der Waals surface area contributed by atoms with Gasteiger partial charge in [-0.1, -0.05) is 0 Å². The van der Waals surface area contributed by atoms with E-state index in [2.05, 4.69) is 0 Å². The van der Waals surface area contributed by atoms with Crippen LogP contribution in [0.25, 0.3) is 0 Å². The highest BCUT2D eigenvalue weighted by Crippen LogP contribution is 2.17. The molecule has 4 heteroatoms. The molecule has 1 fully saturated rings. The molecule has 4 nitrogen and oxygen atoms in total. The maximum Gasteiger partial charge on any atom is 0.264 e. The van der Waals surface area contributed by atoms with Crippen LogP contribution in [-0.4, -0.2) is 34.7 Å². The zero-order chi connectivity index (χ0) is 8.48. The van der Waals surface area contributed by atoms with Gasteiger partial charge >= 0.3 is 0 Å². The molecule has 1 aliphatic heterocycles. The van der Waals surface area contributed by atoms with Gasteiger partial charge in [0.15, 0.2) is 5.72 Å². The molecule has 1 heterocycles. The van der Waals surface area contributed by atoms with Crippen LogP contribution in [0.5, 0.6) is 0 Å². The Bertz CT molecular complexity index is 162. The summed E-state index contributed by atoms with van der Waals surface area (Å²) in [5.41, 5.74) is 3.57. The normalized spacial score (nSPS) is 24.9. The van der Waals surface area contributed by atoms with Crippen molar-refractivity contribution in [2.75, 3.05) is 13.1 Å². The number of primary amides is 1. The molecule has 0 radical (unpaired) electrons. The molecular weight excluding hydrogens is 144 g/mol. The molecule has 3 N–H and O–H groups in total. The van der Waals surface area contributed by atoms with Crippen molar-refractivity contribution < 1.29 is 9.90 Å². The zero-order valence-corrected chi connectivity index (χ0v) is 6.71. The summed E-state index contributed by atoms with van der Waals surface area (Å²) in [7, 11) is 0. The molecule has 1 rings (SSSR count). The Hall–Kier alpha value is -0.610. The Kier molecular flexibility index (Phi) is 2.15. The molecule has 1 atom stereocenters. The first-order chi connectivity index (χ1) is 5.05. The van der Waals surface area contributed by atoms with Gasteiger partial charge in [0.1, 0.15) is 0 Å². The highest BCUT2D eigenvalue weighted by molar-refractivity contribution is 5.82. The van der Waals surface area contributed by atoms with Gasteiger partial charge < -0.3 is 10.8 Å². The van der Waals surface area contributed by atoms with Gasteiger partial charge in [0.25, 0.3) is 5.91 Å². The molecule has 0 aromatic rings. The number of likely N-dealkylation sites (tertiary alicyclic amines) is 1. The Morgan fingerprint density at radius 1 is 1.55 bits per heavy atom. The van der Waals surface area contributed by atoms with Gasteiger partial charge in [-0.15, -0.1) is 0 Å². The summed E-state index contributed by atoms with van der Waals surface area (Å²) in [4.78, 5) is 12.4. The third kappa shape index (κ3) is 1.52. The summed E-state index contributed by atoms with van der Waals surface area (Å²) in [5.74, 6) is -0.667. The number of rotatable bonds is 2. The number of nitrogens with zero attached hydrogens (tertiary/aromatic N) is 1. The first-order valence-electron chi connectivity index (χ1n) is 3.82. The number of aliphatic hydroxyl groups is 1. The van der Waals surface area contributed by atoms with Crippen molar-refractivity contribution in [1.82, 2.24) is 4.90 Å². The van der Waals surface area contributed by atoms with Crippen molar-refractivity contribution in [3.8, 4) is 0 Å². The van der Waals surface area contributed by atoms with E-state index in [1.54, 1.807) is 4.90 Å². The van der Waals surface area contributed by atoms with E-state index in [0.29, 0.717) is 0 Å². The number of hydrogen-bond donors (Lipinski definition) is 2. The van der Waals surface area contributed by atoms with Gasteiger partial charge in [-0.3, -0.25) is 9.69 Å². The lowest BCUT2D eigenvalue weighted by molar-refractivity contribution is -0.153. The lowest BCUT2D eigenvalue weighted by atomic mass is 10.2. The lowest BCUT2D eigenvalue weighted by Crippen LogP contribution is -2.54. The van der Waals surface area contributed by atoms with E-state index < -0.39 is 11.6 Å². The fourth-order valence-corrected chi connectivity index (χ4v) is 1.31. The summed E-state index contributed by atoms with van der Waals surface area (Å²) in [6.45, 7) is 2.96. The molecule has 1 amide bonds. The molecule has 1 saturated heterocycles. The van der Waals surface area contributed by atoms with E-state index in [1.807, 2.05) is 0 Å². The first-order valence-corrected chi connectivity index (χ1v) is 3.82. The molecule has 0 unspecified atom stereocenters. The topological polar surface area (TPSA) is 66.6 Å². The van der Waals surface area contributed by atoms with E-state index in [0.717, 1.165) is 25.9 Å². The monoisotopic (exact) mass is 158 g/mol. The number of carbonyl (C=O) groups is 1. The molecular formula is C7H14N2O2. The SMILES string of the molecule is C[C@@](O)(C(N)=O)N1CCCC1. The van der Waals surface area contributed by atoms with Crippen LogP contribution in [0.4, 0.5) is 0 Å². The molecule has 0 spiro atoms. The van der Waals surface area contributed by atoms with Gasteiger partial charge in [-0.2, -0.15) is 0 Å². The van der Waals surface area contributed by atoms with Gasteiger partial charge in [-0.25, -0.2) is 0 Å². The van der Waals surface area contributed by atoms with Crippen molar-refractivity contribution in [1.29, 1.82) is 0 Å². The van der Waals surface area contributed by atoms with Crippen LogP contribution in [0.3, 0.4) is 0 Å². The highest BCUT2D eigenvalue weighted by Gasteiger charge is 2.36. The summed E-state index contributed by atoms with van der Waals surface area (Å²) in [5, 5.41) is 9.54. The van der Waals surface area contributed by atoms with Crippen LogP contribution in [-0.2, 0) is 4.79 Å². The van der Waals surface area contributed by atoms with Crippen molar-refractivity contribution in [3.63, 3.8) is 0 Å². The van der Waals surface area contributed by atoms with Gasteiger partial charge in [0, 0.05) is 13.1 Å². The number of hydrogen-bond acceptors (Lipinski definition) is 3. The largest absolute Gasteiger partial charge is 0.367 e. The second-order valence-corrected chi connectivity index (χ2v) is 3.08. The first kappa shape index (κ1) is 8.49. The minimum atomic E-state index is -1.45. The van der Waals surface area contributed by atoms with Crippen LogP contribution in [0.2, 0.25) is 0 Å². The molecule has 0 saturated carbocycles. The van der Waals surface area contributed by atoms with Crippen LogP contribution < -0.4 is 5.73 Å². The molecule has 0 aromatic heterocycles. The molecule has 0 aromatic carbocycles. The van der Waals surface area contributed by atoms with Crippen molar-refractivity contribution in [2.45, 2.75) is 25.5 Å². The van der Waals surface area contributed by atoms with Gasteiger partial charge in [-0.05, 0) is 19.8 Å². The Labute approximate surface area is 66.0 Å². The van der Waals surface area contributed by atoms with E-state index in [-0.39, 0.29) is 0 Å². The third-order valence-electron chi connectivity index (χ3n) is 2.19. The smallest absolute Gasteiger partial charge is 0.264 e. The third-order valence-corrected chi connectivity index (χ3v) is 2.19. The second-order valence-electron chi connectivity index (χ2n) is 3.08. The molecule has 0 aliphatic carbocycles. The van der Waals surface area contributed by atoms with E-state index >= 15 is 0 Å². The van der Waals surface area contributed by atoms with E-state index in [1.165, 1.54) is 6.92 Å². The zero-order valence-electron chi connectivity index (χ0n) is 6.71. The number of amides is 1. The average Bonchev–Trinajstić information content (AvgIpc) is 2.37. The molecule has 0 bridgehead atoms. The maximum atomic E-state index is 10.7. The summed E-state index contributed by atoms with van der Waals surface area (Å²) < 4.78 is 0. The summed E-state index contributed by atoms with van der Waals surface area (Å²) in [6.07, 6.45) is 2.06. The fourth-order valence-electron chi connectivity index (χ4n) is 1.31. The van der Waals surface area contributed by atoms with Crippen LogP contribution in [0.15, 0.2) is 0 Å². The van der Waals surface area contributed by atoms with E-state index in [9.17, 15) is 9.90 Å². The second kappa shape index (κ2) is 2.79. The standard InChI is InChI=1S/C7H14N2O2/c1-7(11,6(8)10)9-4-2-3-5-9/h11H,2-5H2,1H3,(H2,8,10)/t7-/m1/s1. The molecule has 64 valence electrons. The van der Waals surface area contributed by atoms with Crippen LogP contribution >= 0.6 is 0 Å². The van der Waals surface area contributed by atoms with Crippen LogP contribution in [0, 0.1) is 0 Å². The highest BCUT2D eigenvalue weighted by atomic mass is 16.3. The summed E-state index contributed by atoms with van der Waals surface area (Å²) >= 11 is 0. The fraction of sp³-hybridized carbons (Fsp3) is 0.857. The minimum Gasteiger partial charge on any atom is -0.367 e. The van der Waals surface area contributed by atoms with Gasteiger partial charge in [0.2, 0.25) is 0 Å². The van der Waals surface area contributed by atoms with Gasteiger partial charge in [0.05, 0.1) is 0 Å². The quantitative estimate of drug-likeness (QED) is 0.557. The lowest BCUT2D eigenvalue weighted by Gasteiger charge is -2.29. The van der Waals surface area contributed by atoms with Crippen LogP contribution in [0.1, 0.15) is 19.8 Å². The van der Waals surface area contributed by atoms with Crippen molar-refractivity contribution in [2.24, 2.45) is 5.73 Å². The average molecular weight is 158 g/mol. The Morgan fingerprint density at radius 2 is 2.00 bits per heavy atom. The predicted molar refractivity (Wildman–Crippen MR) is 40.6 cm³/mol. The van der Waals surface area contributed by atoms with Crippen molar-refractivity contribution in [3.05, 3.63) is 0 Å². The predicted octanol–water partition coefficient (Wildman–Crippen LogP) is -0.724. The van der Waals surface area contributed by atoms with Crippen molar-refractivity contribution >= 4 is 5.91 Å². The Balaban J connectivity index is 2.62. The Morgan fingerprint density at radius 3 is 2.36 bits per heavy atom.